The molecule has 1 aliphatic heterocycles. The molecule has 5 rings (SSSR count). The molecule has 31 heavy (non-hydrogen) atoms. The number of hydrogen-bond acceptors (Lipinski definition) is 4. The maximum Gasteiger partial charge on any atom is 0.420 e. The largest absolute Gasteiger partial charge is 0.420 e. The Bertz CT molecular complexity index is 1020. The van der Waals surface area contributed by atoms with E-state index in [0.29, 0.717) is 18.8 Å². The van der Waals surface area contributed by atoms with Crippen molar-refractivity contribution in [3.05, 3.63) is 29.2 Å². The Morgan fingerprint density at radius 1 is 1.06 bits per heavy atom. The molecule has 0 radical (unpaired) electrons. The summed E-state index contributed by atoms with van der Waals surface area (Å²) in [6, 6.07) is 1.27. The van der Waals surface area contributed by atoms with E-state index in [1.165, 1.54) is 17.5 Å². The lowest BCUT2D eigenvalue weighted by atomic mass is 9.93. The van der Waals surface area contributed by atoms with Crippen molar-refractivity contribution in [1.82, 2.24) is 24.4 Å². The van der Waals surface area contributed by atoms with Gasteiger partial charge in [0.05, 0.1) is 11.9 Å². The van der Waals surface area contributed by atoms with Crippen molar-refractivity contribution >= 4 is 17.5 Å². The second-order valence-electron chi connectivity index (χ2n) is 8.75. The molecule has 2 saturated carbocycles. The molecule has 7 nitrogen and oxygen atoms in total. The van der Waals surface area contributed by atoms with Crippen LogP contribution < -0.4 is 0 Å². The minimum atomic E-state index is -4.60. The summed E-state index contributed by atoms with van der Waals surface area (Å²) in [4.78, 5) is 32.8. The number of piperazine rings is 1. The summed E-state index contributed by atoms with van der Waals surface area (Å²) in [5.74, 6) is -0.624. The molecule has 10 heteroatoms. The summed E-state index contributed by atoms with van der Waals surface area (Å²) in [5, 5.41) is 4.26. The summed E-state index contributed by atoms with van der Waals surface area (Å²) < 4.78 is 41.8. The number of rotatable bonds is 3. The van der Waals surface area contributed by atoms with E-state index in [1.807, 2.05) is 4.90 Å². The minimum absolute atomic E-state index is 0.0255. The molecule has 2 aromatic heterocycles. The van der Waals surface area contributed by atoms with Gasteiger partial charge < -0.3 is 9.80 Å². The van der Waals surface area contributed by atoms with Gasteiger partial charge in [-0.1, -0.05) is 19.3 Å². The molecular formula is C21H24F3N5O2. The highest BCUT2D eigenvalue weighted by Gasteiger charge is 2.38. The molecule has 1 saturated heterocycles. The molecule has 0 aromatic carbocycles. The van der Waals surface area contributed by atoms with Crippen LogP contribution in [0.5, 0.6) is 0 Å². The third kappa shape index (κ3) is 3.87. The van der Waals surface area contributed by atoms with Crippen LogP contribution >= 0.6 is 0 Å². The SMILES string of the molecule is O=C(c1cn2nc(C3CC3)cc(C(F)(F)F)c2n1)N1CCN(C2CCCCC2)C(=O)C1. The summed E-state index contributed by atoms with van der Waals surface area (Å²) >= 11 is 0. The van der Waals surface area contributed by atoms with E-state index in [-0.39, 0.29) is 35.8 Å². The van der Waals surface area contributed by atoms with E-state index in [2.05, 4.69) is 10.1 Å². The Morgan fingerprint density at radius 3 is 2.45 bits per heavy atom. The van der Waals surface area contributed by atoms with Gasteiger partial charge in [0, 0.05) is 25.0 Å². The Hall–Kier alpha value is -2.65. The van der Waals surface area contributed by atoms with Crippen LogP contribution in [0.2, 0.25) is 0 Å². The number of nitrogens with zero attached hydrogens (tertiary/aromatic N) is 5. The molecule has 3 heterocycles. The van der Waals surface area contributed by atoms with Gasteiger partial charge in [-0.3, -0.25) is 9.59 Å². The summed E-state index contributed by atoms with van der Waals surface area (Å²) in [6.07, 6.45) is 3.65. The smallest absolute Gasteiger partial charge is 0.336 e. The van der Waals surface area contributed by atoms with E-state index in [0.717, 1.165) is 49.1 Å². The zero-order valence-corrected chi connectivity index (χ0v) is 17.1. The molecule has 2 aliphatic carbocycles. The van der Waals surface area contributed by atoms with E-state index in [4.69, 9.17) is 0 Å². The third-order valence-corrected chi connectivity index (χ3v) is 6.52. The Balaban J connectivity index is 1.38. The Labute approximate surface area is 177 Å². The van der Waals surface area contributed by atoms with Crippen LogP contribution in [-0.4, -0.2) is 61.9 Å². The molecule has 3 aliphatic rings. The van der Waals surface area contributed by atoms with Gasteiger partial charge in [0.25, 0.3) is 5.91 Å². The zero-order chi connectivity index (χ0) is 21.8. The first-order chi connectivity index (χ1) is 14.8. The zero-order valence-electron chi connectivity index (χ0n) is 17.1. The predicted octanol–water partition coefficient (Wildman–Crippen LogP) is 3.24. The molecule has 3 fully saturated rings. The standard InChI is InChI=1S/C21H24F3N5O2/c22-21(23,24)15-10-16(13-6-7-13)26-29-11-17(25-19(15)29)20(31)27-8-9-28(18(30)12-27)14-4-2-1-3-5-14/h10-11,13-14H,1-9,12H2. The van der Waals surface area contributed by atoms with Crippen LogP contribution in [0.3, 0.4) is 0 Å². The van der Waals surface area contributed by atoms with Crippen molar-refractivity contribution < 1.29 is 22.8 Å². The van der Waals surface area contributed by atoms with Gasteiger partial charge >= 0.3 is 6.18 Å². The number of hydrogen-bond donors (Lipinski definition) is 0. The molecule has 2 aromatic rings. The molecule has 0 bridgehead atoms. The lowest BCUT2D eigenvalue weighted by Gasteiger charge is -2.40. The lowest BCUT2D eigenvalue weighted by molar-refractivity contribution is -0.138. The van der Waals surface area contributed by atoms with Gasteiger partial charge in [0.15, 0.2) is 5.65 Å². The third-order valence-electron chi connectivity index (χ3n) is 6.52. The van der Waals surface area contributed by atoms with Crippen molar-refractivity contribution in [2.45, 2.75) is 63.1 Å². The second-order valence-corrected chi connectivity index (χ2v) is 8.75. The number of carbonyl (C=O) groups is 2. The highest BCUT2D eigenvalue weighted by Crippen LogP contribution is 2.41. The van der Waals surface area contributed by atoms with Gasteiger partial charge in [0.1, 0.15) is 17.8 Å². The molecule has 0 N–H and O–H groups in total. The normalized spacial score (nSPS) is 21.2. The molecular weight excluding hydrogens is 411 g/mol. The van der Waals surface area contributed by atoms with Gasteiger partial charge in [-0.15, -0.1) is 0 Å². The topological polar surface area (TPSA) is 70.8 Å². The Morgan fingerprint density at radius 2 is 1.81 bits per heavy atom. The number of fused-ring (bicyclic) bond motifs is 1. The first-order valence-electron chi connectivity index (χ1n) is 10.9. The van der Waals surface area contributed by atoms with Crippen LogP contribution in [0.15, 0.2) is 12.3 Å². The van der Waals surface area contributed by atoms with Crippen molar-refractivity contribution in [3.8, 4) is 0 Å². The van der Waals surface area contributed by atoms with Crippen molar-refractivity contribution in [2.24, 2.45) is 0 Å². The summed E-state index contributed by atoms with van der Waals surface area (Å²) in [7, 11) is 0. The van der Waals surface area contributed by atoms with Crippen LogP contribution in [-0.2, 0) is 11.0 Å². The first kappa shape index (κ1) is 20.3. The van der Waals surface area contributed by atoms with Crippen LogP contribution in [0.4, 0.5) is 13.2 Å². The fourth-order valence-corrected chi connectivity index (χ4v) is 4.69. The fourth-order valence-electron chi connectivity index (χ4n) is 4.69. The average molecular weight is 435 g/mol. The maximum absolute atomic E-state index is 13.6. The van der Waals surface area contributed by atoms with Crippen LogP contribution in [0.1, 0.15) is 72.6 Å². The quantitative estimate of drug-likeness (QED) is 0.742. The highest BCUT2D eigenvalue weighted by atomic mass is 19.4. The van der Waals surface area contributed by atoms with Crippen molar-refractivity contribution in [2.75, 3.05) is 19.6 Å². The average Bonchev–Trinajstić information content (AvgIpc) is 3.51. The van der Waals surface area contributed by atoms with Crippen LogP contribution in [0.25, 0.3) is 5.65 Å². The molecule has 0 spiro atoms. The minimum Gasteiger partial charge on any atom is -0.336 e. The summed E-state index contributed by atoms with van der Waals surface area (Å²) in [6.45, 7) is 0.721. The first-order valence-corrected chi connectivity index (χ1v) is 10.9. The van der Waals surface area contributed by atoms with E-state index in [1.54, 1.807) is 0 Å². The van der Waals surface area contributed by atoms with Gasteiger partial charge in [-0.2, -0.15) is 18.3 Å². The van der Waals surface area contributed by atoms with Crippen LogP contribution in [0, 0.1) is 0 Å². The molecule has 2 amide bonds. The predicted molar refractivity (Wildman–Crippen MR) is 104 cm³/mol. The Kier molecular flexibility index (Phi) is 4.90. The number of aromatic nitrogens is 3. The molecule has 0 unspecified atom stereocenters. The van der Waals surface area contributed by atoms with Crippen molar-refractivity contribution in [1.29, 1.82) is 0 Å². The number of carbonyl (C=O) groups excluding carboxylic acids is 2. The molecule has 166 valence electrons. The molecule has 0 atom stereocenters. The second kappa shape index (κ2) is 7.49. The fraction of sp³-hybridized carbons (Fsp3) is 0.619. The highest BCUT2D eigenvalue weighted by molar-refractivity contribution is 5.96. The van der Waals surface area contributed by atoms with Crippen molar-refractivity contribution in [3.63, 3.8) is 0 Å². The number of amides is 2. The van der Waals surface area contributed by atoms with E-state index in [9.17, 15) is 22.8 Å². The number of halogens is 3. The van der Waals surface area contributed by atoms with Gasteiger partial charge in [-0.25, -0.2) is 9.50 Å². The maximum atomic E-state index is 13.6. The van der Waals surface area contributed by atoms with E-state index >= 15 is 0 Å². The summed E-state index contributed by atoms with van der Waals surface area (Å²) in [5.41, 5.74) is -1.02. The van der Waals surface area contributed by atoms with Gasteiger partial charge in [-0.05, 0) is 31.7 Å². The lowest BCUT2D eigenvalue weighted by Crippen LogP contribution is -2.55. The monoisotopic (exact) mass is 435 g/mol. The van der Waals surface area contributed by atoms with E-state index < -0.39 is 17.6 Å². The number of alkyl halides is 3. The van der Waals surface area contributed by atoms with Gasteiger partial charge in [0.2, 0.25) is 5.91 Å². The number of imidazole rings is 1.